The molecule has 9 heteroatoms. The predicted molar refractivity (Wildman–Crippen MR) is 159 cm³/mol. The minimum Gasteiger partial charge on any atom is -0.314 e. The number of hydrogen-bond acceptors (Lipinski definition) is 3. The number of aromatic nitrogens is 2. The van der Waals surface area contributed by atoms with Gasteiger partial charge in [0, 0.05) is 16.7 Å². The average molecular weight is 614 g/mol. The summed E-state index contributed by atoms with van der Waals surface area (Å²) in [6, 6.07) is 17.8. The second-order valence-electron chi connectivity index (χ2n) is 9.34. The monoisotopic (exact) mass is 612 g/mol. The van der Waals surface area contributed by atoms with E-state index in [1.165, 1.54) is 22.8 Å². The van der Waals surface area contributed by atoms with Crippen LogP contribution in [-0.2, 0) is 0 Å². The molecule has 1 N–H and O–H groups in total. The van der Waals surface area contributed by atoms with Crippen molar-refractivity contribution < 1.29 is 9.18 Å². The molecule has 0 saturated heterocycles. The van der Waals surface area contributed by atoms with E-state index < -0.39 is 11.9 Å². The van der Waals surface area contributed by atoms with Crippen molar-refractivity contribution in [2.24, 2.45) is 0 Å². The Morgan fingerprint density at radius 1 is 1.08 bits per heavy atom. The Balaban J connectivity index is 1.85. The molecular formula is C30H31BrClFN4O2. The Kier molecular flexibility index (Phi) is 9.75. The van der Waals surface area contributed by atoms with Crippen molar-refractivity contribution in [3.05, 3.63) is 98.2 Å². The quantitative estimate of drug-likeness (QED) is 0.182. The minimum atomic E-state index is -0.582. The molecule has 1 atom stereocenters. The number of para-hydroxylation sites is 1. The highest BCUT2D eigenvalue weighted by Crippen LogP contribution is 2.29. The first-order valence-corrected chi connectivity index (χ1v) is 14.3. The van der Waals surface area contributed by atoms with Crippen LogP contribution in [-0.4, -0.2) is 27.0 Å². The number of benzene rings is 3. The SMILES string of the molecule is CCCCCCN(C(=O)Nc1cccc(Br)c1)C(CC)c1nc2ccccc2c(=O)n1-c1ccc(F)c(Cl)c1. The maximum Gasteiger partial charge on any atom is 0.322 e. The van der Waals surface area contributed by atoms with Gasteiger partial charge in [-0.1, -0.05) is 78.8 Å². The van der Waals surface area contributed by atoms with Gasteiger partial charge in [-0.05, 0) is 61.4 Å². The zero-order valence-corrected chi connectivity index (χ0v) is 24.3. The van der Waals surface area contributed by atoms with Gasteiger partial charge in [-0.15, -0.1) is 0 Å². The zero-order valence-electron chi connectivity index (χ0n) is 22.0. The van der Waals surface area contributed by atoms with Gasteiger partial charge in [0.25, 0.3) is 5.56 Å². The van der Waals surface area contributed by atoms with Crippen LogP contribution >= 0.6 is 27.5 Å². The summed E-state index contributed by atoms with van der Waals surface area (Å²) in [5.41, 5.74) is 1.25. The molecule has 0 aliphatic rings. The van der Waals surface area contributed by atoms with Crippen LogP contribution in [0.15, 0.2) is 76.0 Å². The van der Waals surface area contributed by atoms with Crippen molar-refractivity contribution in [1.82, 2.24) is 14.5 Å². The highest BCUT2D eigenvalue weighted by Gasteiger charge is 2.29. The lowest BCUT2D eigenvalue weighted by Gasteiger charge is -2.32. The van der Waals surface area contributed by atoms with Crippen LogP contribution in [0.5, 0.6) is 0 Å². The van der Waals surface area contributed by atoms with Crippen LogP contribution in [0.3, 0.4) is 0 Å². The third kappa shape index (κ3) is 6.68. The highest BCUT2D eigenvalue weighted by atomic mass is 79.9. The van der Waals surface area contributed by atoms with Crippen molar-refractivity contribution in [2.45, 2.75) is 52.0 Å². The van der Waals surface area contributed by atoms with Gasteiger partial charge in [0.2, 0.25) is 0 Å². The number of amides is 2. The standard InChI is InChI=1S/C30H31BrClFN4O2/c1-3-5-6-9-17-36(30(39)34-21-12-10-11-20(31)18-21)27(4-2)28-35-26-14-8-7-13-23(26)29(38)37(28)22-15-16-25(33)24(32)19-22/h7-8,10-16,18-19,27H,3-6,9,17H2,1-2H3,(H,34,39). The number of hydrogen-bond donors (Lipinski definition) is 1. The van der Waals surface area contributed by atoms with Crippen LogP contribution in [0.2, 0.25) is 5.02 Å². The summed E-state index contributed by atoms with van der Waals surface area (Å²) in [4.78, 5) is 34.3. The molecule has 1 heterocycles. The first-order chi connectivity index (χ1) is 18.8. The number of urea groups is 1. The van der Waals surface area contributed by atoms with Crippen molar-refractivity contribution >= 4 is 50.2 Å². The first-order valence-electron chi connectivity index (χ1n) is 13.1. The second-order valence-corrected chi connectivity index (χ2v) is 10.7. The fourth-order valence-corrected chi connectivity index (χ4v) is 5.23. The number of carbonyl (C=O) groups is 1. The normalized spacial score (nSPS) is 11.9. The van der Waals surface area contributed by atoms with E-state index in [0.717, 1.165) is 30.2 Å². The molecule has 0 fully saturated rings. The van der Waals surface area contributed by atoms with E-state index in [1.54, 1.807) is 23.1 Å². The van der Waals surface area contributed by atoms with Gasteiger partial charge < -0.3 is 10.2 Å². The van der Waals surface area contributed by atoms with Crippen molar-refractivity contribution in [1.29, 1.82) is 0 Å². The molecule has 0 aliphatic heterocycles. The molecule has 0 bridgehead atoms. The van der Waals surface area contributed by atoms with Gasteiger partial charge >= 0.3 is 6.03 Å². The summed E-state index contributed by atoms with van der Waals surface area (Å²) in [7, 11) is 0. The summed E-state index contributed by atoms with van der Waals surface area (Å²) in [5.74, 6) is -0.189. The van der Waals surface area contributed by atoms with Crippen molar-refractivity contribution in [3.8, 4) is 5.69 Å². The molecule has 0 aliphatic carbocycles. The maximum atomic E-state index is 14.1. The maximum absolute atomic E-state index is 14.1. The van der Waals surface area contributed by atoms with Gasteiger partial charge in [0.05, 0.1) is 27.7 Å². The summed E-state index contributed by atoms with van der Waals surface area (Å²) in [6.07, 6.45) is 4.40. The van der Waals surface area contributed by atoms with Crippen molar-refractivity contribution in [2.75, 3.05) is 11.9 Å². The van der Waals surface area contributed by atoms with E-state index in [4.69, 9.17) is 16.6 Å². The number of nitrogens with zero attached hydrogens (tertiary/aromatic N) is 3. The predicted octanol–water partition coefficient (Wildman–Crippen LogP) is 8.51. The third-order valence-electron chi connectivity index (χ3n) is 6.61. The molecule has 204 valence electrons. The smallest absolute Gasteiger partial charge is 0.314 e. The van der Waals surface area contributed by atoms with Crippen molar-refractivity contribution in [3.63, 3.8) is 0 Å². The molecule has 0 saturated carbocycles. The highest BCUT2D eigenvalue weighted by molar-refractivity contribution is 9.10. The third-order valence-corrected chi connectivity index (χ3v) is 7.40. The van der Waals surface area contributed by atoms with E-state index in [1.807, 2.05) is 37.3 Å². The Hall–Kier alpha value is -3.23. The summed E-state index contributed by atoms with van der Waals surface area (Å²) in [6.45, 7) is 4.57. The van der Waals surface area contributed by atoms with Crippen LogP contribution < -0.4 is 10.9 Å². The van der Waals surface area contributed by atoms with Crippen LogP contribution in [0.1, 0.15) is 57.8 Å². The number of halogens is 3. The lowest BCUT2D eigenvalue weighted by atomic mass is 10.1. The fraction of sp³-hybridized carbons (Fsp3) is 0.300. The van der Waals surface area contributed by atoms with Crippen LogP contribution in [0.4, 0.5) is 14.9 Å². The molecule has 3 aromatic carbocycles. The molecule has 0 radical (unpaired) electrons. The number of unbranched alkanes of at least 4 members (excludes halogenated alkanes) is 3. The number of nitrogens with one attached hydrogen (secondary N) is 1. The van der Waals surface area contributed by atoms with E-state index in [0.29, 0.717) is 41.1 Å². The number of anilines is 1. The Bertz CT molecular complexity index is 1530. The molecule has 39 heavy (non-hydrogen) atoms. The molecule has 0 spiro atoms. The van der Waals surface area contributed by atoms with E-state index in [2.05, 4.69) is 28.2 Å². The zero-order chi connectivity index (χ0) is 27.9. The van der Waals surface area contributed by atoms with Crippen LogP contribution in [0.25, 0.3) is 16.6 Å². The molecular weight excluding hydrogens is 583 g/mol. The summed E-state index contributed by atoms with van der Waals surface area (Å²) >= 11 is 9.58. The Morgan fingerprint density at radius 2 is 1.87 bits per heavy atom. The van der Waals surface area contributed by atoms with E-state index in [9.17, 15) is 14.0 Å². The average Bonchev–Trinajstić information content (AvgIpc) is 2.92. The molecule has 6 nitrogen and oxygen atoms in total. The van der Waals surface area contributed by atoms with Crippen LogP contribution in [0, 0.1) is 5.82 Å². The van der Waals surface area contributed by atoms with Gasteiger partial charge in [0.1, 0.15) is 11.6 Å². The van der Waals surface area contributed by atoms with Gasteiger partial charge in [-0.3, -0.25) is 9.36 Å². The molecule has 4 rings (SSSR count). The van der Waals surface area contributed by atoms with Gasteiger partial charge in [-0.25, -0.2) is 14.2 Å². The van der Waals surface area contributed by atoms with E-state index in [-0.39, 0.29) is 16.6 Å². The Morgan fingerprint density at radius 3 is 2.59 bits per heavy atom. The molecule has 1 unspecified atom stereocenters. The van der Waals surface area contributed by atoms with E-state index >= 15 is 0 Å². The second kappa shape index (κ2) is 13.2. The minimum absolute atomic E-state index is 0.102. The summed E-state index contributed by atoms with van der Waals surface area (Å²) in [5, 5.41) is 3.33. The number of rotatable bonds is 10. The number of carbonyl (C=O) groups excluding carboxylic acids is 1. The topological polar surface area (TPSA) is 67.2 Å². The van der Waals surface area contributed by atoms with Gasteiger partial charge in [-0.2, -0.15) is 0 Å². The summed E-state index contributed by atoms with van der Waals surface area (Å²) < 4.78 is 16.4. The molecule has 2 amide bonds. The lowest BCUT2D eigenvalue weighted by molar-refractivity contribution is 0.179. The largest absolute Gasteiger partial charge is 0.322 e. The van der Waals surface area contributed by atoms with Gasteiger partial charge in [0.15, 0.2) is 0 Å². The molecule has 1 aromatic heterocycles. The Labute approximate surface area is 240 Å². The first kappa shape index (κ1) is 28.8. The fourth-order valence-electron chi connectivity index (χ4n) is 4.66. The lowest BCUT2D eigenvalue weighted by Crippen LogP contribution is -2.41. The molecule has 4 aromatic rings. The number of fused-ring (bicyclic) bond motifs is 1.